The Hall–Kier alpha value is -0.790. The van der Waals surface area contributed by atoms with Crippen LogP contribution in [0.3, 0.4) is 0 Å². The molecule has 1 aliphatic rings. The van der Waals surface area contributed by atoms with E-state index in [0.717, 1.165) is 5.92 Å². The van der Waals surface area contributed by atoms with E-state index < -0.39 is 0 Å². The number of hydrogen-bond donors (Lipinski definition) is 1. The molecule has 1 N–H and O–H groups in total. The van der Waals surface area contributed by atoms with Crippen molar-refractivity contribution in [1.29, 1.82) is 0 Å². The number of nitrogens with one attached hydrogen (secondary N) is 1. The first-order valence-electron chi connectivity index (χ1n) is 4.95. The van der Waals surface area contributed by atoms with E-state index in [9.17, 15) is 0 Å². The van der Waals surface area contributed by atoms with E-state index in [1.807, 2.05) is 6.20 Å². The van der Waals surface area contributed by atoms with Gasteiger partial charge in [0.25, 0.3) is 0 Å². The fraction of sp³-hybridized carbons (Fsp3) is 0.700. The van der Waals surface area contributed by atoms with Crippen LogP contribution in [-0.4, -0.2) is 9.97 Å². The molecule has 0 radical (unpaired) electrons. The highest BCUT2D eigenvalue weighted by Crippen LogP contribution is 2.29. The summed E-state index contributed by atoms with van der Waals surface area (Å²) in [5.74, 6) is 0.759. The molecule has 2 nitrogen and oxygen atoms in total. The van der Waals surface area contributed by atoms with Gasteiger partial charge in [-0.3, -0.25) is 0 Å². The lowest BCUT2D eigenvalue weighted by atomic mass is 9.97. The summed E-state index contributed by atoms with van der Waals surface area (Å²) in [5, 5.41) is 0. The molecule has 1 aliphatic carbocycles. The summed E-state index contributed by atoms with van der Waals surface area (Å²) in [4.78, 5) is 7.30. The molecule has 0 spiro atoms. The van der Waals surface area contributed by atoms with Crippen LogP contribution in [0.1, 0.15) is 50.1 Å². The van der Waals surface area contributed by atoms with Crippen LogP contribution in [0.2, 0.25) is 0 Å². The van der Waals surface area contributed by atoms with Crippen molar-refractivity contribution in [3.05, 3.63) is 18.2 Å². The average molecular weight is 164 g/mol. The molecule has 1 saturated carbocycles. The minimum Gasteiger partial charge on any atom is -0.348 e. The van der Waals surface area contributed by atoms with Gasteiger partial charge in [-0.15, -0.1) is 0 Å². The third-order valence-electron chi connectivity index (χ3n) is 2.81. The number of aromatic nitrogens is 2. The predicted octanol–water partition coefficient (Wildman–Crippen LogP) is 2.85. The van der Waals surface area contributed by atoms with Gasteiger partial charge >= 0.3 is 0 Å². The zero-order valence-corrected chi connectivity index (χ0v) is 7.42. The Bertz CT molecular complexity index is 208. The molecule has 0 aromatic carbocycles. The third kappa shape index (κ3) is 1.68. The Balaban J connectivity index is 2.02. The summed E-state index contributed by atoms with van der Waals surface area (Å²) in [6.07, 6.45) is 12.1. The molecule has 2 heteroatoms. The molecule has 0 bridgehead atoms. The Morgan fingerprint density at radius 3 is 2.50 bits per heavy atom. The number of nitrogens with zero attached hydrogens (tertiary/aromatic N) is 1. The smallest absolute Gasteiger partial charge is 0.0921 e. The van der Waals surface area contributed by atoms with Crippen molar-refractivity contribution < 1.29 is 0 Å². The van der Waals surface area contributed by atoms with E-state index in [1.165, 1.54) is 44.2 Å². The second kappa shape index (κ2) is 3.74. The van der Waals surface area contributed by atoms with Crippen molar-refractivity contribution in [2.45, 2.75) is 44.4 Å². The largest absolute Gasteiger partial charge is 0.348 e. The molecule has 1 aromatic heterocycles. The van der Waals surface area contributed by atoms with E-state index >= 15 is 0 Å². The predicted molar refractivity (Wildman–Crippen MR) is 49.0 cm³/mol. The molecule has 12 heavy (non-hydrogen) atoms. The standard InChI is InChI=1S/C10H16N2/c1-2-4-6-9(5-3-1)10-7-11-8-12-10/h7-9H,1-6H2,(H,11,12). The summed E-state index contributed by atoms with van der Waals surface area (Å²) < 4.78 is 0. The molecule has 0 aliphatic heterocycles. The molecule has 0 atom stereocenters. The fourth-order valence-corrected chi connectivity index (χ4v) is 2.08. The molecule has 0 unspecified atom stereocenters. The van der Waals surface area contributed by atoms with Gasteiger partial charge in [-0.2, -0.15) is 0 Å². The van der Waals surface area contributed by atoms with Crippen molar-refractivity contribution in [3.8, 4) is 0 Å². The van der Waals surface area contributed by atoms with Gasteiger partial charge in [-0.05, 0) is 12.8 Å². The normalized spacial score (nSPS) is 20.7. The molecular weight excluding hydrogens is 148 g/mol. The van der Waals surface area contributed by atoms with Gasteiger partial charge in [0.2, 0.25) is 0 Å². The highest BCUT2D eigenvalue weighted by atomic mass is 14.9. The van der Waals surface area contributed by atoms with Crippen LogP contribution >= 0.6 is 0 Å². The average Bonchev–Trinajstić information content (AvgIpc) is 2.48. The van der Waals surface area contributed by atoms with Gasteiger partial charge in [0.05, 0.1) is 6.33 Å². The Kier molecular flexibility index (Phi) is 2.45. The summed E-state index contributed by atoms with van der Waals surface area (Å²) in [5.41, 5.74) is 1.34. The number of imidazole rings is 1. The lowest BCUT2D eigenvalue weighted by Crippen LogP contribution is -1.96. The van der Waals surface area contributed by atoms with Crippen molar-refractivity contribution in [3.63, 3.8) is 0 Å². The summed E-state index contributed by atoms with van der Waals surface area (Å²) in [6.45, 7) is 0. The number of aromatic amines is 1. The zero-order valence-electron chi connectivity index (χ0n) is 7.42. The monoisotopic (exact) mass is 164 g/mol. The summed E-state index contributed by atoms with van der Waals surface area (Å²) in [7, 11) is 0. The highest BCUT2D eigenvalue weighted by molar-refractivity contribution is 5.03. The SMILES string of the molecule is c1ncc(C2CCCCCC2)[nH]1. The highest BCUT2D eigenvalue weighted by Gasteiger charge is 2.14. The molecule has 66 valence electrons. The van der Waals surface area contributed by atoms with Crippen LogP contribution in [0.15, 0.2) is 12.5 Å². The van der Waals surface area contributed by atoms with Crippen molar-refractivity contribution >= 4 is 0 Å². The Morgan fingerprint density at radius 1 is 1.17 bits per heavy atom. The third-order valence-corrected chi connectivity index (χ3v) is 2.81. The first kappa shape index (κ1) is 7.84. The second-order valence-corrected chi connectivity index (χ2v) is 3.70. The summed E-state index contributed by atoms with van der Waals surface area (Å²) >= 11 is 0. The topological polar surface area (TPSA) is 28.7 Å². The van der Waals surface area contributed by atoms with Crippen LogP contribution in [-0.2, 0) is 0 Å². The minimum absolute atomic E-state index is 0.759. The molecular formula is C10H16N2. The maximum atomic E-state index is 4.07. The van der Waals surface area contributed by atoms with Gasteiger partial charge in [-0.1, -0.05) is 25.7 Å². The maximum Gasteiger partial charge on any atom is 0.0921 e. The van der Waals surface area contributed by atoms with Gasteiger partial charge in [-0.25, -0.2) is 4.98 Å². The molecule has 1 heterocycles. The molecule has 2 rings (SSSR count). The Labute approximate surface area is 73.4 Å². The minimum atomic E-state index is 0.759. The summed E-state index contributed by atoms with van der Waals surface area (Å²) in [6, 6.07) is 0. The van der Waals surface area contributed by atoms with Crippen LogP contribution < -0.4 is 0 Å². The van der Waals surface area contributed by atoms with Crippen LogP contribution in [0.5, 0.6) is 0 Å². The first-order chi connectivity index (χ1) is 5.97. The van der Waals surface area contributed by atoms with Crippen LogP contribution in [0.4, 0.5) is 0 Å². The van der Waals surface area contributed by atoms with E-state index in [2.05, 4.69) is 9.97 Å². The molecule has 1 aromatic rings. The van der Waals surface area contributed by atoms with Gasteiger partial charge < -0.3 is 4.98 Å². The molecule has 1 fully saturated rings. The lowest BCUT2D eigenvalue weighted by Gasteiger charge is -2.10. The quantitative estimate of drug-likeness (QED) is 0.635. The van der Waals surface area contributed by atoms with Crippen molar-refractivity contribution in [1.82, 2.24) is 9.97 Å². The van der Waals surface area contributed by atoms with E-state index in [0.29, 0.717) is 0 Å². The van der Waals surface area contributed by atoms with Crippen molar-refractivity contribution in [2.24, 2.45) is 0 Å². The molecule has 0 saturated heterocycles. The number of hydrogen-bond acceptors (Lipinski definition) is 1. The molecule has 0 amide bonds. The van der Waals surface area contributed by atoms with E-state index in [1.54, 1.807) is 6.33 Å². The van der Waals surface area contributed by atoms with Crippen LogP contribution in [0.25, 0.3) is 0 Å². The van der Waals surface area contributed by atoms with Gasteiger partial charge in [0.1, 0.15) is 0 Å². The van der Waals surface area contributed by atoms with Crippen LogP contribution in [0, 0.1) is 0 Å². The van der Waals surface area contributed by atoms with Crippen molar-refractivity contribution in [2.75, 3.05) is 0 Å². The van der Waals surface area contributed by atoms with E-state index in [-0.39, 0.29) is 0 Å². The second-order valence-electron chi connectivity index (χ2n) is 3.70. The number of rotatable bonds is 1. The first-order valence-corrected chi connectivity index (χ1v) is 4.95. The fourth-order valence-electron chi connectivity index (χ4n) is 2.08. The Morgan fingerprint density at radius 2 is 1.92 bits per heavy atom. The zero-order chi connectivity index (χ0) is 8.23. The lowest BCUT2D eigenvalue weighted by molar-refractivity contribution is 0.580. The van der Waals surface area contributed by atoms with Gasteiger partial charge in [0.15, 0.2) is 0 Å². The maximum absolute atomic E-state index is 4.07. The van der Waals surface area contributed by atoms with Gasteiger partial charge in [0, 0.05) is 17.8 Å². The van der Waals surface area contributed by atoms with E-state index in [4.69, 9.17) is 0 Å². The number of H-pyrrole nitrogens is 1.